The summed E-state index contributed by atoms with van der Waals surface area (Å²) in [5, 5.41) is 3.39. The zero-order valence-electron chi connectivity index (χ0n) is 8.89. The van der Waals surface area contributed by atoms with Crippen LogP contribution < -0.4 is 5.32 Å². The van der Waals surface area contributed by atoms with E-state index in [-0.39, 0.29) is 0 Å². The third-order valence-electron chi connectivity index (χ3n) is 2.18. The molecule has 0 aromatic carbocycles. The lowest BCUT2D eigenvalue weighted by Crippen LogP contribution is -2.29. The largest absolute Gasteiger partial charge is 0.377 e. The second-order valence-corrected chi connectivity index (χ2v) is 3.35. The average Bonchev–Trinajstić information content (AvgIpc) is 2.11. The summed E-state index contributed by atoms with van der Waals surface area (Å²) < 4.78 is 5.52. The van der Waals surface area contributed by atoms with Crippen LogP contribution in [-0.4, -0.2) is 25.3 Å². The molecule has 1 N–H and O–H groups in total. The standard InChI is InChI=1S/C10H23NO/c1-5-9(3)11-7-8-12-10(4)6-2/h9-11H,5-8H2,1-4H3. The number of nitrogens with one attached hydrogen (secondary N) is 1. The van der Waals surface area contributed by atoms with Gasteiger partial charge in [-0.2, -0.15) is 0 Å². The van der Waals surface area contributed by atoms with Crippen LogP contribution in [0.3, 0.4) is 0 Å². The first-order valence-electron chi connectivity index (χ1n) is 5.05. The molecule has 0 bridgehead atoms. The summed E-state index contributed by atoms with van der Waals surface area (Å²) >= 11 is 0. The van der Waals surface area contributed by atoms with Gasteiger partial charge in [0.15, 0.2) is 0 Å². The van der Waals surface area contributed by atoms with Crippen LogP contribution in [0, 0.1) is 0 Å². The highest BCUT2D eigenvalue weighted by atomic mass is 16.5. The molecule has 0 aromatic rings. The molecule has 0 saturated carbocycles. The zero-order valence-corrected chi connectivity index (χ0v) is 8.89. The predicted molar refractivity (Wildman–Crippen MR) is 53.5 cm³/mol. The molecule has 0 aliphatic rings. The van der Waals surface area contributed by atoms with Gasteiger partial charge in [0, 0.05) is 12.6 Å². The van der Waals surface area contributed by atoms with E-state index in [1.807, 2.05) is 0 Å². The third kappa shape index (κ3) is 6.62. The first-order valence-corrected chi connectivity index (χ1v) is 5.05. The third-order valence-corrected chi connectivity index (χ3v) is 2.18. The Hall–Kier alpha value is -0.0800. The molecule has 2 unspecified atom stereocenters. The second kappa shape index (κ2) is 7.56. The molecule has 0 aliphatic heterocycles. The zero-order chi connectivity index (χ0) is 9.40. The fourth-order valence-corrected chi connectivity index (χ4v) is 0.828. The highest BCUT2D eigenvalue weighted by Crippen LogP contribution is 1.94. The van der Waals surface area contributed by atoms with Crippen molar-refractivity contribution in [2.24, 2.45) is 0 Å². The van der Waals surface area contributed by atoms with Crippen molar-refractivity contribution in [3.05, 3.63) is 0 Å². The summed E-state index contributed by atoms with van der Waals surface area (Å²) in [4.78, 5) is 0. The second-order valence-electron chi connectivity index (χ2n) is 3.35. The molecule has 0 rings (SSSR count). The van der Waals surface area contributed by atoms with Gasteiger partial charge in [0.25, 0.3) is 0 Å². The van der Waals surface area contributed by atoms with Crippen molar-refractivity contribution in [1.29, 1.82) is 0 Å². The lowest BCUT2D eigenvalue weighted by molar-refractivity contribution is 0.0645. The van der Waals surface area contributed by atoms with E-state index in [4.69, 9.17) is 4.74 Å². The monoisotopic (exact) mass is 173 g/mol. The van der Waals surface area contributed by atoms with Crippen LogP contribution in [0.25, 0.3) is 0 Å². The number of hydrogen-bond donors (Lipinski definition) is 1. The molecular formula is C10H23NO. The summed E-state index contributed by atoms with van der Waals surface area (Å²) in [5.41, 5.74) is 0. The molecule has 0 spiro atoms. The molecule has 12 heavy (non-hydrogen) atoms. The SMILES string of the molecule is CCC(C)NCCOC(C)CC. The van der Waals surface area contributed by atoms with Gasteiger partial charge >= 0.3 is 0 Å². The molecule has 2 atom stereocenters. The van der Waals surface area contributed by atoms with Crippen LogP contribution in [0.4, 0.5) is 0 Å². The van der Waals surface area contributed by atoms with Crippen molar-refractivity contribution < 1.29 is 4.74 Å². The minimum atomic E-state index is 0.406. The number of hydrogen-bond acceptors (Lipinski definition) is 2. The maximum atomic E-state index is 5.52. The summed E-state index contributed by atoms with van der Waals surface area (Å²) in [7, 11) is 0. The Morgan fingerprint density at radius 1 is 1.17 bits per heavy atom. The van der Waals surface area contributed by atoms with Gasteiger partial charge in [0.2, 0.25) is 0 Å². The van der Waals surface area contributed by atoms with Crippen molar-refractivity contribution >= 4 is 0 Å². The maximum absolute atomic E-state index is 5.52. The number of ether oxygens (including phenoxy) is 1. The van der Waals surface area contributed by atoms with Crippen LogP contribution in [0.15, 0.2) is 0 Å². The Balaban J connectivity index is 3.10. The van der Waals surface area contributed by atoms with Gasteiger partial charge in [-0.05, 0) is 26.7 Å². The van der Waals surface area contributed by atoms with E-state index in [1.54, 1.807) is 0 Å². The minimum Gasteiger partial charge on any atom is -0.377 e. The molecule has 0 aromatic heterocycles. The highest BCUT2D eigenvalue weighted by Gasteiger charge is 1.99. The van der Waals surface area contributed by atoms with Crippen LogP contribution >= 0.6 is 0 Å². The molecule has 0 amide bonds. The lowest BCUT2D eigenvalue weighted by atomic mass is 10.3. The topological polar surface area (TPSA) is 21.3 Å². The Morgan fingerprint density at radius 2 is 1.83 bits per heavy atom. The van der Waals surface area contributed by atoms with E-state index >= 15 is 0 Å². The van der Waals surface area contributed by atoms with E-state index in [2.05, 4.69) is 33.0 Å². The molecule has 0 heterocycles. The molecule has 2 heteroatoms. The molecule has 2 nitrogen and oxygen atoms in total. The quantitative estimate of drug-likeness (QED) is 0.596. The van der Waals surface area contributed by atoms with Gasteiger partial charge in [-0.3, -0.25) is 0 Å². The van der Waals surface area contributed by atoms with Gasteiger partial charge < -0.3 is 10.1 Å². The number of rotatable bonds is 7. The van der Waals surface area contributed by atoms with E-state index in [0.717, 1.165) is 19.6 Å². The van der Waals surface area contributed by atoms with Gasteiger partial charge in [-0.15, -0.1) is 0 Å². The van der Waals surface area contributed by atoms with Crippen LogP contribution in [-0.2, 0) is 4.74 Å². The molecule has 74 valence electrons. The maximum Gasteiger partial charge on any atom is 0.0594 e. The van der Waals surface area contributed by atoms with Gasteiger partial charge in [-0.25, -0.2) is 0 Å². The van der Waals surface area contributed by atoms with E-state index in [1.165, 1.54) is 6.42 Å². The Morgan fingerprint density at radius 3 is 2.33 bits per heavy atom. The first-order chi connectivity index (χ1) is 5.70. The highest BCUT2D eigenvalue weighted by molar-refractivity contribution is 4.56. The average molecular weight is 173 g/mol. The van der Waals surface area contributed by atoms with Gasteiger partial charge in [0.05, 0.1) is 12.7 Å². The smallest absolute Gasteiger partial charge is 0.0594 e. The van der Waals surface area contributed by atoms with Crippen molar-refractivity contribution in [3.8, 4) is 0 Å². The summed E-state index contributed by atoms with van der Waals surface area (Å²) in [5.74, 6) is 0. The Kier molecular flexibility index (Phi) is 7.51. The summed E-state index contributed by atoms with van der Waals surface area (Å²) in [6.45, 7) is 10.4. The van der Waals surface area contributed by atoms with Crippen molar-refractivity contribution in [2.75, 3.05) is 13.2 Å². The van der Waals surface area contributed by atoms with E-state index in [0.29, 0.717) is 12.1 Å². The molecular weight excluding hydrogens is 150 g/mol. The van der Waals surface area contributed by atoms with E-state index < -0.39 is 0 Å². The lowest BCUT2D eigenvalue weighted by Gasteiger charge is -2.13. The summed E-state index contributed by atoms with van der Waals surface area (Å²) in [6, 6.07) is 0.616. The van der Waals surface area contributed by atoms with E-state index in [9.17, 15) is 0 Å². The Labute approximate surface area is 76.7 Å². The van der Waals surface area contributed by atoms with Crippen LogP contribution in [0.5, 0.6) is 0 Å². The Bertz CT molecular complexity index is 83.8. The van der Waals surface area contributed by atoms with Gasteiger partial charge in [0.1, 0.15) is 0 Å². The predicted octanol–water partition coefficient (Wildman–Crippen LogP) is 2.19. The van der Waals surface area contributed by atoms with Crippen LogP contribution in [0.2, 0.25) is 0 Å². The molecule has 0 aliphatic carbocycles. The molecule has 0 fully saturated rings. The normalized spacial score (nSPS) is 16.0. The fourth-order valence-electron chi connectivity index (χ4n) is 0.828. The molecule has 0 saturated heterocycles. The molecule has 0 radical (unpaired) electrons. The first kappa shape index (κ1) is 11.9. The van der Waals surface area contributed by atoms with Crippen molar-refractivity contribution in [1.82, 2.24) is 5.32 Å². The van der Waals surface area contributed by atoms with Gasteiger partial charge in [-0.1, -0.05) is 13.8 Å². The fraction of sp³-hybridized carbons (Fsp3) is 1.00. The van der Waals surface area contributed by atoms with Crippen LogP contribution in [0.1, 0.15) is 40.5 Å². The minimum absolute atomic E-state index is 0.406. The summed E-state index contributed by atoms with van der Waals surface area (Å²) in [6.07, 6.45) is 2.69. The van der Waals surface area contributed by atoms with Crippen molar-refractivity contribution in [3.63, 3.8) is 0 Å². The van der Waals surface area contributed by atoms with Crippen molar-refractivity contribution in [2.45, 2.75) is 52.7 Å².